The lowest BCUT2D eigenvalue weighted by atomic mass is 10.2. The number of aryl methyl sites for hydroxylation is 1. The molecule has 0 aromatic heterocycles. The number of amidine groups is 1. The van der Waals surface area contributed by atoms with Gasteiger partial charge in [-0.15, -0.1) is 0 Å². The van der Waals surface area contributed by atoms with Crippen LogP contribution in [0.3, 0.4) is 0 Å². The summed E-state index contributed by atoms with van der Waals surface area (Å²) in [6.07, 6.45) is 1.22. The lowest BCUT2D eigenvalue weighted by Crippen LogP contribution is -2.23. The van der Waals surface area contributed by atoms with E-state index in [1.165, 1.54) is 6.20 Å². The molecule has 0 amide bonds. The zero-order valence-corrected chi connectivity index (χ0v) is 10.1. The first-order valence-corrected chi connectivity index (χ1v) is 6.45. The molecule has 0 spiro atoms. The van der Waals surface area contributed by atoms with E-state index in [-0.39, 0.29) is 16.7 Å². The van der Waals surface area contributed by atoms with Crippen LogP contribution in [0.1, 0.15) is 5.56 Å². The Hall–Kier alpha value is -1.82. The predicted octanol–water partition coefficient (Wildman–Crippen LogP) is 0.958. The Kier molecular flexibility index (Phi) is 2.89. The number of ether oxygens (including phenoxy) is 1. The van der Waals surface area contributed by atoms with Gasteiger partial charge in [0.05, 0.1) is 0 Å². The highest BCUT2D eigenvalue weighted by atomic mass is 32.2. The summed E-state index contributed by atoms with van der Waals surface area (Å²) in [5.74, 6) is 0.608. The van der Waals surface area contributed by atoms with Crippen molar-refractivity contribution in [2.24, 2.45) is 10.7 Å². The van der Waals surface area contributed by atoms with Crippen LogP contribution >= 0.6 is 0 Å². The minimum Gasteiger partial charge on any atom is -0.488 e. The normalized spacial score (nSPS) is 17.5. The van der Waals surface area contributed by atoms with E-state index in [0.29, 0.717) is 5.75 Å². The van der Waals surface area contributed by atoms with Gasteiger partial charge in [0.1, 0.15) is 17.3 Å². The summed E-state index contributed by atoms with van der Waals surface area (Å²) in [5.41, 5.74) is 6.36. The number of rotatable bonds is 3. The van der Waals surface area contributed by atoms with E-state index in [1.807, 2.05) is 19.1 Å². The molecule has 0 bridgehead atoms. The molecule has 0 unspecified atom stereocenters. The fourth-order valence-electron chi connectivity index (χ4n) is 1.31. The van der Waals surface area contributed by atoms with E-state index >= 15 is 0 Å². The van der Waals surface area contributed by atoms with E-state index in [1.54, 1.807) is 12.1 Å². The third-order valence-corrected chi connectivity index (χ3v) is 3.93. The van der Waals surface area contributed by atoms with E-state index in [0.717, 1.165) is 5.56 Å². The van der Waals surface area contributed by atoms with Crippen LogP contribution in [0.5, 0.6) is 5.75 Å². The molecule has 1 aromatic carbocycles. The maximum Gasteiger partial charge on any atom is 0.240 e. The van der Waals surface area contributed by atoms with Gasteiger partial charge in [0.25, 0.3) is 0 Å². The molecule has 0 fully saturated rings. The van der Waals surface area contributed by atoms with Gasteiger partial charge in [-0.05, 0) is 19.1 Å². The maximum absolute atomic E-state index is 11.6. The molecule has 6 heteroatoms. The van der Waals surface area contributed by atoms with Gasteiger partial charge in [0.15, 0.2) is 0 Å². The van der Waals surface area contributed by atoms with Gasteiger partial charge in [0, 0.05) is 6.20 Å². The largest absolute Gasteiger partial charge is 0.488 e. The second-order valence-electron chi connectivity index (χ2n) is 3.67. The summed E-state index contributed by atoms with van der Waals surface area (Å²) in [5, 5.41) is -0.375. The van der Waals surface area contributed by atoms with Crippen molar-refractivity contribution in [3.63, 3.8) is 0 Å². The Morgan fingerprint density at radius 1 is 1.29 bits per heavy atom. The van der Waals surface area contributed by atoms with Crippen LogP contribution in [0, 0.1) is 6.92 Å². The van der Waals surface area contributed by atoms with E-state index in [2.05, 4.69) is 4.99 Å². The standard InChI is InChI=1S/C11H12N2O3S/c1-8-2-4-9(5-3-8)16-7-10-6-13-11(12)17(10,14)15/h2-6H,7H2,1H3,(H2,12,13). The predicted molar refractivity (Wildman–Crippen MR) is 65.3 cm³/mol. The smallest absolute Gasteiger partial charge is 0.240 e. The number of aliphatic imine (C=N–C) groups is 1. The molecule has 0 aliphatic carbocycles. The number of sulfone groups is 1. The first kappa shape index (κ1) is 11.7. The first-order chi connectivity index (χ1) is 8.00. The highest BCUT2D eigenvalue weighted by Crippen LogP contribution is 2.18. The first-order valence-electron chi connectivity index (χ1n) is 4.97. The SMILES string of the molecule is Cc1ccc(OCC2=CN=C(N)S2(=O)=O)cc1. The Morgan fingerprint density at radius 3 is 2.47 bits per heavy atom. The van der Waals surface area contributed by atoms with Crippen LogP contribution in [0.4, 0.5) is 0 Å². The summed E-state index contributed by atoms with van der Waals surface area (Å²) >= 11 is 0. The van der Waals surface area contributed by atoms with Crippen molar-refractivity contribution in [1.29, 1.82) is 0 Å². The molecule has 1 aromatic rings. The van der Waals surface area contributed by atoms with Gasteiger partial charge in [-0.1, -0.05) is 17.7 Å². The average Bonchev–Trinajstić information content (AvgIpc) is 2.54. The molecular weight excluding hydrogens is 240 g/mol. The third kappa shape index (κ3) is 2.31. The molecule has 2 N–H and O–H groups in total. The van der Waals surface area contributed by atoms with Crippen LogP contribution in [0.15, 0.2) is 40.4 Å². The number of benzene rings is 1. The van der Waals surface area contributed by atoms with E-state index in [9.17, 15) is 8.42 Å². The van der Waals surface area contributed by atoms with Crippen molar-refractivity contribution in [3.8, 4) is 5.75 Å². The summed E-state index contributed by atoms with van der Waals surface area (Å²) in [6, 6.07) is 7.33. The lowest BCUT2D eigenvalue weighted by Gasteiger charge is -2.06. The highest BCUT2D eigenvalue weighted by molar-refractivity contribution is 8.09. The molecule has 1 heterocycles. The summed E-state index contributed by atoms with van der Waals surface area (Å²) in [7, 11) is -3.58. The monoisotopic (exact) mass is 252 g/mol. The molecule has 0 saturated carbocycles. The second-order valence-corrected chi connectivity index (χ2v) is 5.62. The molecule has 90 valence electrons. The Balaban J connectivity index is 2.04. The Bertz CT molecular complexity index is 586. The molecule has 2 rings (SSSR count). The number of hydrogen-bond donors (Lipinski definition) is 1. The topological polar surface area (TPSA) is 81.8 Å². The Labute approximate surface area is 99.5 Å². The molecule has 5 nitrogen and oxygen atoms in total. The molecule has 1 aliphatic rings. The molecular formula is C11H12N2O3S. The van der Waals surface area contributed by atoms with Gasteiger partial charge in [-0.3, -0.25) is 0 Å². The van der Waals surface area contributed by atoms with E-state index < -0.39 is 9.84 Å². The fourth-order valence-corrected chi connectivity index (χ4v) is 2.18. The van der Waals surface area contributed by atoms with Gasteiger partial charge in [-0.25, -0.2) is 13.4 Å². The van der Waals surface area contributed by atoms with Crippen molar-refractivity contribution < 1.29 is 13.2 Å². The quantitative estimate of drug-likeness (QED) is 0.868. The lowest BCUT2D eigenvalue weighted by molar-refractivity contribution is 0.358. The van der Waals surface area contributed by atoms with Crippen molar-refractivity contribution >= 4 is 15.0 Å². The zero-order valence-electron chi connectivity index (χ0n) is 9.25. The van der Waals surface area contributed by atoms with Crippen LogP contribution in [-0.4, -0.2) is 20.2 Å². The molecule has 17 heavy (non-hydrogen) atoms. The van der Waals surface area contributed by atoms with Crippen LogP contribution in [0.2, 0.25) is 0 Å². The summed E-state index contributed by atoms with van der Waals surface area (Å²) in [6.45, 7) is 1.90. The van der Waals surface area contributed by atoms with Crippen molar-refractivity contribution in [2.75, 3.05) is 6.61 Å². The molecule has 1 aliphatic heterocycles. The second kappa shape index (κ2) is 4.21. The van der Waals surface area contributed by atoms with Gasteiger partial charge < -0.3 is 10.5 Å². The van der Waals surface area contributed by atoms with Gasteiger partial charge in [-0.2, -0.15) is 0 Å². The summed E-state index contributed by atoms with van der Waals surface area (Å²) in [4.78, 5) is 3.64. The summed E-state index contributed by atoms with van der Waals surface area (Å²) < 4.78 is 28.5. The number of nitrogens with two attached hydrogens (primary N) is 1. The highest BCUT2D eigenvalue weighted by Gasteiger charge is 2.27. The van der Waals surface area contributed by atoms with Gasteiger partial charge in [0.2, 0.25) is 15.0 Å². The van der Waals surface area contributed by atoms with Crippen molar-refractivity contribution in [3.05, 3.63) is 40.9 Å². The molecule has 0 atom stereocenters. The van der Waals surface area contributed by atoms with Crippen LogP contribution in [0.25, 0.3) is 0 Å². The van der Waals surface area contributed by atoms with E-state index in [4.69, 9.17) is 10.5 Å². The van der Waals surface area contributed by atoms with Gasteiger partial charge >= 0.3 is 0 Å². The van der Waals surface area contributed by atoms with Crippen LogP contribution in [-0.2, 0) is 9.84 Å². The number of hydrogen-bond acceptors (Lipinski definition) is 5. The Morgan fingerprint density at radius 2 is 1.94 bits per heavy atom. The molecule has 0 saturated heterocycles. The number of nitrogens with zero attached hydrogens (tertiary/aromatic N) is 1. The zero-order chi connectivity index (χ0) is 12.5. The third-order valence-electron chi connectivity index (χ3n) is 2.36. The molecule has 0 radical (unpaired) electrons. The average molecular weight is 252 g/mol. The van der Waals surface area contributed by atoms with Crippen molar-refractivity contribution in [2.45, 2.75) is 6.92 Å². The van der Waals surface area contributed by atoms with Crippen LogP contribution < -0.4 is 10.5 Å². The maximum atomic E-state index is 11.6. The minimum absolute atomic E-state index is 0.0599. The minimum atomic E-state index is -3.58. The van der Waals surface area contributed by atoms with Crippen molar-refractivity contribution in [1.82, 2.24) is 0 Å². The fraction of sp³-hybridized carbons (Fsp3) is 0.182.